The molecule has 0 radical (unpaired) electrons. The minimum absolute atomic E-state index is 0.260. The topological polar surface area (TPSA) is 55.3 Å². The van der Waals surface area contributed by atoms with E-state index in [0.717, 1.165) is 15.6 Å². The first kappa shape index (κ1) is 11.7. The van der Waals surface area contributed by atoms with Gasteiger partial charge in [-0.2, -0.15) is 0 Å². The Kier molecular flexibility index (Phi) is 3.46. The summed E-state index contributed by atoms with van der Waals surface area (Å²) < 4.78 is 0. The Hall–Kier alpha value is -1.79. The van der Waals surface area contributed by atoms with Crippen molar-refractivity contribution in [3.8, 4) is 10.6 Å². The largest absolute Gasteiger partial charge is 0.296 e. The van der Waals surface area contributed by atoms with Gasteiger partial charge in [0.25, 0.3) is 5.91 Å². The summed E-state index contributed by atoms with van der Waals surface area (Å²) in [6.07, 6.45) is 3.39. The lowest BCUT2D eigenvalue weighted by atomic mass is 10.3. The minimum Gasteiger partial charge on any atom is -0.274 e. The number of hydrogen-bond donors (Lipinski definition) is 0. The van der Waals surface area contributed by atoms with E-state index in [1.807, 2.05) is 12.1 Å². The number of hydrogen-bond acceptors (Lipinski definition) is 5. The van der Waals surface area contributed by atoms with E-state index in [1.165, 1.54) is 18.4 Å². The van der Waals surface area contributed by atoms with Crippen molar-refractivity contribution in [1.29, 1.82) is 0 Å². The Bertz CT molecular complexity index is 512. The number of nitrogens with zero attached hydrogens (tertiary/aromatic N) is 3. The van der Waals surface area contributed by atoms with Crippen LogP contribution in [0.15, 0.2) is 29.9 Å². The smallest absolute Gasteiger partial charge is 0.274 e. The van der Waals surface area contributed by atoms with Crippen molar-refractivity contribution in [1.82, 2.24) is 15.0 Å². The number of rotatable bonds is 3. The zero-order chi connectivity index (χ0) is 12.3. The third-order valence-electron chi connectivity index (χ3n) is 2.21. The first-order valence-corrected chi connectivity index (χ1v) is 5.78. The predicted molar refractivity (Wildman–Crippen MR) is 64.4 cm³/mol. The fourth-order valence-corrected chi connectivity index (χ4v) is 2.04. The first-order valence-electron chi connectivity index (χ1n) is 4.90. The Morgan fingerprint density at radius 3 is 2.76 bits per heavy atom. The molecule has 0 aliphatic rings. The van der Waals surface area contributed by atoms with Crippen molar-refractivity contribution in [3.05, 3.63) is 35.6 Å². The van der Waals surface area contributed by atoms with Crippen LogP contribution in [0, 0.1) is 0 Å². The van der Waals surface area contributed by atoms with Gasteiger partial charge in [0.15, 0.2) is 0 Å². The molecule has 0 saturated heterocycles. The summed E-state index contributed by atoms with van der Waals surface area (Å²) in [5, 5.41) is 3.65. The molecule has 17 heavy (non-hydrogen) atoms. The highest BCUT2D eigenvalue weighted by molar-refractivity contribution is 7.13. The van der Waals surface area contributed by atoms with Gasteiger partial charge in [-0.15, -0.1) is 11.3 Å². The van der Waals surface area contributed by atoms with Gasteiger partial charge in [-0.25, -0.2) is 10.0 Å². The van der Waals surface area contributed by atoms with Gasteiger partial charge in [0.2, 0.25) is 0 Å². The van der Waals surface area contributed by atoms with Crippen molar-refractivity contribution in [2.75, 3.05) is 14.2 Å². The van der Waals surface area contributed by atoms with E-state index in [4.69, 9.17) is 4.84 Å². The molecule has 0 aromatic carbocycles. The molecule has 0 spiro atoms. The van der Waals surface area contributed by atoms with Crippen LogP contribution < -0.4 is 0 Å². The Labute approximate surface area is 103 Å². The Balaban J connectivity index is 2.25. The predicted octanol–water partition coefficient (Wildman–Crippen LogP) is 1.84. The highest BCUT2D eigenvalue weighted by Gasteiger charge is 2.15. The molecule has 88 valence electrons. The van der Waals surface area contributed by atoms with Gasteiger partial charge in [0, 0.05) is 30.4 Å². The summed E-state index contributed by atoms with van der Waals surface area (Å²) >= 11 is 1.42. The van der Waals surface area contributed by atoms with E-state index < -0.39 is 0 Å². The van der Waals surface area contributed by atoms with Gasteiger partial charge in [-0.3, -0.25) is 14.6 Å². The second kappa shape index (κ2) is 5.03. The molecule has 0 unspecified atom stereocenters. The van der Waals surface area contributed by atoms with E-state index in [-0.39, 0.29) is 5.91 Å². The van der Waals surface area contributed by atoms with Crippen molar-refractivity contribution >= 4 is 17.2 Å². The molecule has 0 bridgehead atoms. The average molecular weight is 249 g/mol. The lowest BCUT2D eigenvalue weighted by molar-refractivity contribution is -0.0760. The summed E-state index contributed by atoms with van der Waals surface area (Å²) in [6, 6.07) is 3.71. The molecule has 0 saturated carbocycles. The molecule has 0 aliphatic carbocycles. The summed E-state index contributed by atoms with van der Waals surface area (Å²) in [5.41, 5.74) is 1.33. The fraction of sp³-hybridized carbons (Fsp3) is 0.182. The number of aromatic nitrogens is 2. The quantitative estimate of drug-likeness (QED) is 0.779. The summed E-state index contributed by atoms with van der Waals surface area (Å²) in [6.45, 7) is 0. The second-order valence-electron chi connectivity index (χ2n) is 3.26. The minimum atomic E-state index is -0.260. The van der Waals surface area contributed by atoms with Crippen LogP contribution in [0.2, 0.25) is 0 Å². The summed E-state index contributed by atoms with van der Waals surface area (Å²) in [5.74, 6) is -0.260. The Morgan fingerprint density at radius 2 is 2.12 bits per heavy atom. The van der Waals surface area contributed by atoms with Crippen molar-refractivity contribution in [3.63, 3.8) is 0 Å². The van der Waals surface area contributed by atoms with E-state index in [9.17, 15) is 4.79 Å². The lowest BCUT2D eigenvalue weighted by Crippen LogP contribution is -2.25. The van der Waals surface area contributed by atoms with E-state index >= 15 is 0 Å². The highest BCUT2D eigenvalue weighted by atomic mass is 32.1. The number of pyridine rings is 1. The van der Waals surface area contributed by atoms with Crippen molar-refractivity contribution < 1.29 is 9.63 Å². The van der Waals surface area contributed by atoms with Gasteiger partial charge in [-0.05, 0) is 12.1 Å². The number of hydroxylamine groups is 2. The van der Waals surface area contributed by atoms with Crippen molar-refractivity contribution in [2.24, 2.45) is 0 Å². The molecule has 0 fully saturated rings. The molecule has 1 amide bonds. The molecule has 0 N–H and O–H groups in total. The molecule has 5 nitrogen and oxygen atoms in total. The zero-order valence-electron chi connectivity index (χ0n) is 9.45. The fourth-order valence-electron chi connectivity index (χ4n) is 1.24. The number of carbonyl (C=O) groups is 1. The molecule has 2 aromatic heterocycles. The van der Waals surface area contributed by atoms with Crippen molar-refractivity contribution in [2.45, 2.75) is 0 Å². The number of amides is 1. The molecule has 0 atom stereocenters. The summed E-state index contributed by atoms with van der Waals surface area (Å²) in [4.78, 5) is 24.8. The van der Waals surface area contributed by atoms with Gasteiger partial charge in [-0.1, -0.05) is 0 Å². The van der Waals surface area contributed by atoms with Gasteiger partial charge in [0.1, 0.15) is 10.7 Å². The SMILES string of the molecule is CON(C)C(=O)c1csc(-c2ccncc2)n1. The number of thiazole rings is 1. The van der Waals surface area contributed by atoms with Gasteiger partial charge in [0.05, 0.1) is 7.11 Å². The Morgan fingerprint density at radius 1 is 1.41 bits per heavy atom. The third kappa shape index (κ3) is 2.48. The molecule has 2 rings (SSSR count). The third-order valence-corrected chi connectivity index (χ3v) is 3.10. The van der Waals surface area contributed by atoms with E-state index in [2.05, 4.69) is 9.97 Å². The van der Waals surface area contributed by atoms with E-state index in [1.54, 1.807) is 24.8 Å². The van der Waals surface area contributed by atoms with Crippen LogP contribution in [0.5, 0.6) is 0 Å². The maximum absolute atomic E-state index is 11.8. The zero-order valence-corrected chi connectivity index (χ0v) is 10.3. The molecular weight excluding hydrogens is 238 g/mol. The molecular formula is C11H11N3O2S. The number of carbonyl (C=O) groups excluding carboxylic acids is 1. The van der Waals surface area contributed by atoms with Crippen LogP contribution in [-0.4, -0.2) is 35.1 Å². The van der Waals surface area contributed by atoms with Gasteiger partial charge >= 0.3 is 0 Å². The standard InChI is InChI=1S/C11H11N3O2S/c1-14(16-2)11(15)9-7-17-10(13-9)8-3-5-12-6-4-8/h3-7H,1-2H3. The average Bonchev–Trinajstić information content (AvgIpc) is 2.87. The molecule has 0 aliphatic heterocycles. The van der Waals surface area contributed by atoms with Crippen LogP contribution in [0.3, 0.4) is 0 Å². The lowest BCUT2D eigenvalue weighted by Gasteiger charge is -2.11. The molecule has 2 aromatic rings. The highest BCUT2D eigenvalue weighted by Crippen LogP contribution is 2.23. The normalized spacial score (nSPS) is 10.2. The first-order chi connectivity index (χ1) is 8.22. The van der Waals surface area contributed by atoms with Gasteiger partial charge < -0.3 is 0 Å². The summed E-state index contributed by atoms with van der Waals surface area (Å²) in [7, 11) is 2.99. The van der Waals surface area contributed by atoms with Crippen LogP contribution in [-0.2, 0) is 4.84 Å². The van der Waals surface area contributed by atoms with Crippen LogP contribution >= 0.6 is 11.3 Å². The molecule has 6 heteroatoms. The molecule has 2 heterocycles. The monoisotopic (exact) mass is 249 g/mol. The second-order valence-corrected chi connectivity index (χ2v) is 4.12. The maximum atomic E-state index is 11.8. The van der Waals surface area contributed by atoms with Crippen LogP contribution in [0.4, 0.5) is 0 Å². The maximum Gasteiger partial charge on any atom is 0.296 e. The van der Waals surface area contributed by atoms with E-state index in [0.29, 0.717) is 5.69 Å². The van der Waals surface area contributed by atoms with Crippen LogP contribution in [0.1, 0.15) is 10.5 Å². The van der Waals surface area contributed by atoms with Crippen LogP contribution in [0.25, 0.3) is 10.6 Å².